The van der Waals surface area contributed by atoms with Crippen LogP contribution in [0, 0.1) is 6.92 Å². The minimum atomic E-state index is -1.54. The van der Waals surface area contributed by atoms with Crippen LogP contribution in [0.15, 0.2) is 54.6 Å². The molecule has 2 aromatic carbocycles. The second-order valence-electron chi connectivity index (χ2n) is 4.88. The van der Waals surface area contributed by atoms with Crippen LogP contribution in [0.1, 0.15) is 16.4 Å². The molecule has 0 saturated carbocycles. The van der Waals surface area contributed by atoms with Gasteiger partial charge in [0.15, 0.2) is 5.25 Å². The van der Waals surface area contributed by atoms with Gasteiger partial charge in [-0.15, -0.1) is 0 Å². The van der Waals surface area contributed by atoms with Crippen LogP contribution < -0.4 is 4.74 Å². The van der Waals surface area contributed by atoms with E-state index in [0.29, 0.717) is 11.3 Å². The number of carbonyl (C=O) groups is 1. The van der Waals surface area contributed by atoms with Crippen molar-refractivity contribution in [3.63, 3.8) is 0 Å². The van der Waals surface area contributed by atoms with Crippen LogP contribution in [0.25, 0.3) is 0 Å². The third-order valence-corrected chi connectivity index (χ3v) is 4.70. The first-order chi connectivity index (χ1) is 10.6. The van der Waals surface area contributed by atoms with Gasteiger partial charge in [-0.25, -0.2) is 0 Å². The molecule has 0 amide bonds. The van der Waals surface area contributed by atoms with Crippen LogP contribution in [0.3, 0.4) is 0 Å². The fraction of sp³-hybridized carbons (Fsp3) is 0.235. The quantitative estimate of drug-likeness (QED) is 0.852. The number of hydrogen-bond donors (Lipinski definition) is 1. The first-order valence-electron chi connectivity index (χ1n) is 6.92. The van der Waals surface area contributed by atoms with E-state index in [1.165, 1.54) is 0 Å². The van der Waals surface area contributed by atoms with E-state index in [0.717, 1.165) is 5.56 Å². The molecule has 0 bridgehead atoms. The van der Waals surface area contributed by atoms with Crippen molar-refractivity contribution < 1.29 is 18.8 Å². The molecule has 0 spiro atoms. The van der Waals surface area contributed by atoms with Crippen LogP contribution >= 0.6 is 0 Å². The van der Waals surface area contributed by atoms with Crippen LogP contribution in [-0.4, -0.2) is 27.6 Å². The summed E-state index contributed by atoms with van der Waals surface area (Å²) < 4.78 is 17.8. The highest BCUT2D eigenvalue weighted by atomic mass is 32.2. The van der Waals surface area contributed by atoms with Gasteiger partial charge in [0, 0.05) is 10.8 Å². The van der Waals surface area contributed by atoms with Gasteiger partial charge >= 0.3 is 5.97 Å². The van der Waals surface area contributed by atoms with Crippen molar-refractivity contribution in [3.05, 3.63) is 65.7 Å². The largest absolute Gasteiger partial charge is 0.493 e. The highest BCUT2D eigenvalue weighted by molar-refractivity contribution is 7.86. The number of rotatable bonds is 7. The molecule has 22 heavy (non-hydrogen) atoms. The molecule has 0 radical (unpaired) electrons. The van der Waals surface area contributed by atoms with Gasteiger partial charge in [0.1, 0.15) is 5.75 Å². The lowest BCUT2D eigenvalue weighted by molar-refractivity contribution is -0.136. The molecule has 2 unspecified atom stereocenters. The van der Waals surface area contributed by atoms with Crippen molar-refractivity contribution in [2.45, 2.75) is 12.2 Å². The van der Waals surface area contributed by atoms with Gasteiger partial charge in [-0.1, -0.05) is 42.5 Å². The predicted molar refractivity (Wildman–Crippen MR) is 86.5 cm³/mol. The highest BCUT2D eigenvalue weighted by Gasteiger charge is 2.26. The Balaban J connectivity index is 1.96. The van der Waals surface area contributed by atoms with Crippen molar-refractivity contribution in [2.24, 2.45) is 0 Å². The summed E-state index contributed by atoms with van der Waals surface area (Å²) in [7, 11) is -1.54. The summed E-state index contributed by atoms with van der Waals surface area (Å²) in [5.74, 6) is -0.219. The van der Waals surface area contributed by atoms with Gasteiger partial charge < -0.3 is 9.84 Å². The monoisotopic (exact) mass is 318 g/mol. The Morgan fingerprint density at radius 2 is 1.91 bits per heavy atom. The van der Waals surface area contributed by atoms with E-state index < -0.39 is 22.0 Å². The third-order valence-electron chi connectivity index (χ3n) is 3.13. The maximum atomic E-state index is 12.3. The second kappa shape index (κ2) is 7.75. The number of carboxylic acid groups (broad SMARTS) is 1. The molecule has 2 rings (SSSR count). The van der Waals surface area contributed by atoms with E-state index in [-0.39, 0.29) is 12.4 Å². The van der Waals surface area contributed by atoms with Crippen molar-refractivity contribution >= 4 is 16.8 Å². The summed E-state index contributed by atoms with van der Waals surface area (Å²) in [5, 5.41) is 8.29. The molecule has 116 valence electrons. The van der Waals surface area contributed by atoms with E-state index in [1.807, 2.05) is 31.2 Å². The van der Waals surface area contributed by atoms with Gasteiger partial charge in [0.2, 0.25) is 0 Å². The lowest BCUT2D eigenvalue weighted by Crippen LogP contribution is -2.21. The van der Waals surface area contributed by atoms with Crippen LogP contribution in [0.5, 0.6) is 5.75 Å². The summed E-state index contributed by atoms with van der Waals surface area (Å²) in [6, 6.07) is 16.2. The molecule has 0 heterocycles. The highest BCUT2D eigenvalue weighted by Crippen LogP contribution is 2.20. The normalized spacial score (nSPS) is 13.3. The predicted octanol–water partition coefficient (Wildman–Crippen LogP) is 2.95. The van der Waals surface area contributed by atoms with Crippen molar-refractivity contribution in [3.8, 4) is 5.75 Å². The zero-order chi connectivity index (χ0) is 15.9. The summed E-state index contributed by atoms with van der Waals surface area (Å²) in [6.45, 7) is 2.17. The van der Waals surface area contributed by atoms with E-state index in [9.17, 15) is 14.1 Å². The Labute approximate surface area is 132 Å². The number of ether oxygens (including phenoxy) is 1. The Hall–Kier alpha value is -2.14. The van der Waals surface area contributed by atoms with Crippen LogP contribution in [0.4, 0.5) is 0 Å². The zero-order valence-electron chi connectivity index (χ0n) is 12.3. The van der Waals surface area contributed by atoms with Gasteiger partial charge in [0.25, 0.3) is 0 Å². The molecule has 5 heteroatoms. The SMILES string of the molecule is Cc1cccc(OCCS(=O)C(C(=O)O)c2ccccc2)c1. The molecular weight excluding hydrogens is 300 g/mol. The number of aryl methyl sites for hydroxylation is 1. The molecule has 0 aromatic heterocycles. The second-order valence-corrected chi connectivity index (χ2v) is 6.52. The molecule has 2 atom stereocenters. The Morgan fingerprint density at radius 3 is 2.55 bits per heavy atom. The molecule has 0 fully saturated rings. The fourth-order valence-corrected chi connectivity index (χ4v) is 3.27. The molecule has 2 aromatic rings. The average Bonchev–Trinajstić information content (AvgIpc) is 2.48. The maximum absolute atomic E-state index is 12.3. The van der Waals surface area contributed by atoms with E-state index >= 15 is 0 Å². The zero-order valence-corrected chi connectivity index (χ0v) is 13.1. The first-order valence-corrected chi connectivity index (χ1v) is 8.30. The molecule has 0 aliphatic carbocycles. The number of benzene rings is 2. The number of hydrogen-bond acceptors (Lipinski definition) is 3. The molecule has 1 N–H and O–H groups in total. The van der Waals surface area contributed by atoms with Crippen molar-refractivity contribution in [1.82, 2.24) is 0 Å². The van der Waals surface area contributed by atoms with Gasteiger partial charge in [-0.05, 0) is 30.2 Å². The van der Waals surface area contributed by atoms with Crippen LogP contribution in [-0.2, 0) is 15.6 Å². The van der Waals surface area contributed by atoms with Crippen molar-refractivity contribution in [1.29, 1.82) is 0 Å². The third kappa shape index (κ3) is 4.43. The number of carboxylic acids is 1. The summed E-state index contributed by atoms with van der Waals surface area (Å²) in [4.78, 5) is 11.4. The Kier molecular flexibility index (Phi) is 5.72. The molecule has 0 saturated heterocycles. The summed E-state index contributed by atoms with van der Waals surface area (Å²) in [6.07, 6.45) is 0. The van der Waals surface area contributed by atoms with Crippen LogP contribution in [0.2, 0.25) is 0 Å². The minimum Gasteiger partial charge on any atom is -0.493 e. The topological polar surface area (TPSA) is 63.6 Å². The van der Waals surface area contributed by atoms with E-state index in [2.05, 4.69) is 0 Å². The standard InChI is InChI=1S/C17H18O4S/c1-13-6-5-9-15(12-13)21-10-11-22(20)16(17(18)19)14-7-3-2-4-8-14/h2-9,12,16H,10-11H2,1H3,(H,18,19). The fourth-order valence-electron chi connectivity index (χ4n) is 2.10. The first kappa shape index (κ1) is 16.2. The lowest BCUT2D eigenvalue weighted by Gasteiger charge is -2.13. The molecular formula is C17H18O4S. The molecule has 0 aliphatic heterocycles. The lowest BCUT2D eigenvalue weighted by atomic mass is 10.1. The summed E-state index contributed by atoms with van der Waals surface area (Å²) >= 11 is 0. The Bertz CT molecular complexity index is 655. The smallest absolute Gasteiger partial charge is 0.323 e. The number of aliphatic carboxylic acids is 1. The van der Waals surface area contributed by atoms with E-state index in [4.69, 9.17) is 4.74 Å². The van der Waals surface area contributed by atoms with Gasteiger partial charge in [-0.3, -0.25) is 9.00 Å². The van der Waals surface area contributed by atoms with E-state index in [1.54, 1.807) is 30.3 Å². The van der Waals surface area contributed by atoms with Gasteiger partial charge in [0.05, 0.1) is 12.4 Å². The molecule has 4 nitrogen and oxygen atoms in total. The average molecular weight is 318 g/mol. The van der Waals surface area contributed by atoms with Gasteiger partial charge in [-0.2, -0.15) is 0 Å². The maximum Gasteiger partial charge on any atom is 0.323 e. The Morgan fingerprint density at radius 1 is 1.18 bits per heavy atom. The minimum absolute atomic E-state index is 0.166. The van der Waals surface area contributed by atoms with Crippen molar-refractivity contribution in [2.75, 3.05) is 12.4 Å². The molecule has 0 aliphatic rings. The summed E-state index contributed by atoms with van der Waals surface area (Å²) in [5.41, 5.74) is 1.62.